The zero-order valence-corrected chi connectivity index (χ0v) is 10.7. The molecule has 6 heteroatoms. The van der Waals surface area contributed by atoms with Crippen molar-refractivity contribution in [1.29, 1.82) is 0 Å². The van der Waals surface area contributed by atoms with Crippen LogP contribution in [0.3, 0.4) is 0 Å². The van der Waals surface area contributed by atoms with Gasteiger partial charge in [0.1, 0.15) is 5.76 Å². The van der Waals surface area contributed by atoms with Crippen LogP contribution in [0.1, 0.15) is 29.6 Å². The van der Waals surface area contributed by atoms with E-state index in [-0.39, 0.29) is 12.3 Å². The molecule has 0 atom stereocenters. The second kappa shape index (κ2) is 5.03. The Hall–Kier alpha value is -2.11. The Morgan fingerprint density at radius 3 is 2.83 bits per heavy atom. The summed E-state index contributed by atoms with van der Waals surface area (Å²) in [7, 11) is 0. The van der Waals surface area contributed by atoms with Gasteiger partial charge < -0.3 is 9.84 Å². The third-order valence-corrected chi connectivity index (χ3v) is 2.80. The lowest BCUT2D eigenvalue weighted by atomic mass is 10.1. The van der Waals surface area contributed by atoms with Gasteiger partial charge in [-0.2, -0.15) is 5.10 Å². The maximum atomic E-state index is 11.8. The van der Waals surface area contributed by atoms with Crippen molar-refractivity contribution in [1.82, 2.24) is 15.4 Å². The van der Waals surface area contributed by atoms with E-state index < -0.39 is 0 Å². The minimum Gasteiger partial charge on any atom is -0.361 e. The van der Waals surface area contributed by atoms with E-state index in [1.165, 1.54) is 0 Å². The number of aromatic nitrogens is 3. The molecular formula is C12H16N4O2. The highest BCUT2D eigenvalue weighted by Crippen LogP contribution is 2.14. The first kappa shape index (κ1) is 12.3. The second-order valence-corrected chi connectivity index (χ2v) is 4.16. The van der Waals surface area contributed by atoms with E-state index in [9.17, 15) is 4.79 Å². The zero-order chi connectivity index (χ0) is 13.1. The lowest BCUT2D eigenvalue weighted by Crippen LogP contribution is -2.15. The van der Waals surface area contributed by atoms with Gasteiger partial charge in [-0.1, -0.05) is 12.1 Å². The summed E-state index contributed by atoms with van der Waals surface area (Å²) in [6.45, 7) is 5.64. The Morgan fingerprint density at radius 2 is 2.28 bits per heavy atom. The highest BCUT2D eigenvalue weighted by molar-refractivity contribution is 5.91. The number of nitrogens with one attached hydrogen (secondary N) is 2. The minimum atomic E-state index is -0.126. The van der Waals surface area contributed by atoms with Gasteiger partial charge in [-0.3, -0.25) is 9.89 Å². The summed E-state index contributed by atoms with van der Waals surface area (Å²) >= 11 is 0. The summed E-state index contributed by atoms with van der Waals surface area (Å²) in [5.41, 5.74) is 2.57. The molecule has 2 aromatic heterocycles. The summed E-state index contributed by atoms with van der Waals surface area (Å²) in [5.74, 6) is 1.10. The fourth-order valence-corrected chi connectivity index (χ4v) is 1.71. The van der Waals surface area contributed by atoms with Crippen LogP contribution in [0.4, 0.5) is 5.82 Å². The standard InChI is InChI=1S/C12H16N4O2/c1-4-9-5-11(15-14-9)13-12(17)6-10-7(2)16-18-8(10)3/h5H,4,6H2,1-3H3,(H2,13,14,15,17). The number of nitrogens with zero attached hydrogens (tertiary/aromatic N) is 2. The van der Waals surface area contributed by atoms with Crippen LogP contribution >= 0.6 is 0 Å². The SMILES string of the molecule is CCc1cc(NC(=O)Cc2c(C)noc2C)n[nH]1. The van der Waals surface area contributed by atoms with Crippen molar-refractivity contribution in [2.45, 2.75) is 33.6 Å². The number of carbonyl (C=O) groups excluding carboxylic acids is 1. The number of hydrogen-bond acceptors (Lipinski definition) is 4. The molecule has 0 fully saturated rings. The highest BCUT2D eigenvalue weighted by atomic mass is 16.5. The first-order valence-corrected chi connectivity index (χ1v) is 5.86. The van der Waals surface area contributed by atoms with Crippen LogP contribution in [0.2, 0.25) is 0 Å². The van der Waals surface area contributed by atoms with E-state index in [0.29, 0.717) is 11.6 Å². The quantitative estimate of drug-likeness (QED) is 0.863. The largest absolute Gasteiger partial charge is 0.361 e. The van der Waals surface area contributed by atoms with E-state index in [2.05, 4.69) is 20.7 Å². The third kappa shape index (κ3) is 2.58. The van der Waals surface area contributed by atoms with Gasteiger partial charge in [0.15, 0.2) is 5.82 Å². The van der Waals surface area contributed by atoms with E-state index in [4.69, 9.17) is 4.52 Å². The van der Waals surface area contributed by atoms with E-state index in [1.54, 1.807) is 6.92 Å². The molecule has 2 aromatic rings. The van der Waals surface area contributed by atoms with Gasteiger partial charge >= 0.3 is 0 Å². The smallest absolute Gasteiger partial charge is 0.230 e. The summed E-state index contributed by atoms with van der Waals surface area (Å²) in [5, 5.41) is 13.4. The molecule has 0 aromatic carbocycles. The zero-order valence-electron chi connectivity index (χ0n) is 10.7. The maximum Gasteiger partial charge on any atom is 0.230 e. The van der Waals surface area contributed by atoms with Crippen LogP contribution in [0.25, 0.3) is 0 Å². The van der Waals surface area contributed by atoms with Crippen LogP contribution in [-0.2, 0) is 17.6 Å². The second-order valence-electron chi connectivity index (χ2n) is 4.16. The average Bonchev–Trinajstić information content (AvgIpc) is 2.91. The molecular weight excluding hydrogens is 232 g/mol. The first-order valence-electron chi connectivity index (χ1n) is 5.86. The normalized spacial score (nSPS) is 10.6. The molecule has 2 rings (SSSR count). The summed E-state index contributed by atoms with van der Waals surface area (Å²) in [6.07, 6.45) is 1.10. The van der Waals surface area contributed by atoms with E-state index in [1.807, 2.05) is 19.9 Å². The van der Waals surface area contributed by atoms with Crippen molar-refractivity contribution < 1.29 is 9.32 Å². The van der Waals surface area contributed by atoms with Gasteiger partial charge in [0.25, 0.3) is 0 Å². The fraction of sp³-hybridized carbons (Fsp3) is 0.417. The minimum absolute atomic E-state index is 0.126. The van der Waals surface area contributed by atoms with E-state index in [0.717, 1.165) is 23.4 Å². The number of hydrogen-bond donors (Lipinski definition) is 2. The van der Waals surface area contributed by atoms with E-state index >= 15 is 0 Å². The molecule has 18 heavy (non-hydrogen) atoms. The number of aryl methyl sites for hydroxylation is 3. The van der Waals surface area contributed by atoms with Crippen LogP contribution < -0.4 is 5.32 Å². The maximum absolute atomic E-state index is 11.8. The molecule has 6 nitrogen and oxygen atoms in total. The molecule has 0 unspecified atom stereocenters. The highest BCUT2D eigenvalue weighted by Gasteiger charge is 2.14. The molecule has 2 heterocycles. The van der Waals surface area contributed by atoms with Crippen molar-refractivity contribution in [2.24, 2.45) is 0 Å². The number of H-pyrrole nitrogens is 1. The van der Waals surface area contributed by atoms with Gasteiger partial charge in [-0.05, 0) is 20.3 Å². The number of amides is 1. The predicted octanol–water partition coefficient (Wildman–Crippen LogP) is 1.76. The Labute approximate surface area is 105 Å². The van der Waals surface area contributed by atoms with Crippen LogP contribution in [0, 0.1) is 13.8 Å². The van der Waals surface area contributed by atoms with Crippen molar-refractivity contribution in [2.75, 3.05) is 5.32 Å². The summed E-state index contributed by atoms with van der Waals surface area (Å²) < 4.78 is 5.02. The van der Waals surface area contributed by atoms with Crippen molar-refractivity contribution in [3.05, 3.63) is 28.8 Å². The molecule has 0 radical (unpaired) electrons. The van der Waals surface area contributed by atoms with Crippen molar-refractivity contribution >= 4 is 11.7 Å². The average molecular weight is 248 g/mol. The third-order valence-electron chi connectivity index (χ3n) is 2.80. The van der Waals surface area contributed by atoms with Gasteiger partial charge in [-0.25, -0.2) is 0 Å². The van der Waals surface area contributed by atoms with Crippen molar-refractivity contribution in [3.63, 3.8) is 0 Å². The van der Waals surface area contributed by atoms with Gasteiger partial charge in [0.2, 0.25) is 5.91 Å². The molecule has 0 bridgehead atoms. The van der Waals surface area contributed by atoms with Gasteiger partial charge in [-0.15, -0.1) is 0 Å². The van der Waals surface area contributed by atoms with Crippen LogP contribution in [-0.4, -0.2) is 21.3 Å². The topological polar surface area (TPSA) is 83.8 Å². The van der Waals surface area contributed by atoms with Crippen LogP contribution in [0.5, 0.6) is 0 Å². The Balaban J connectivity index is 2.01. The number of carbonyl (C=O) groups is 1. The molecule has 0 aliphatic rings. The summed E-state index contributed by atoms with van der Waals surface area (Å²) in [6, 6.07) is 1.82. The molecule has 1 amide bonds. The Morgan fingerprint density at radius 1 is 1.50 bits per heavy atom. The number of aromatic amines is 1. The lowest BCUT2D eigenvalue weighted by molar-refractivity contribution is -0.115. The molecule has 0 saturated carbocycles. The van der Waals surface area contributed by atoms with Gasteiger partial charge in [0.05, 0.1) is 12.1 Å². The molecule has 96 valence electrons. The molecule has 0 saturated heterocycles. The van der Waals surface area contributed by atoms with Crippen molar-refractivity contribution in [3.8, 4) is 0 Å². The van der Waals surface area contributed by atoms with Gasteiger partial charge in [0, 0.05) is 17.3 Å². The van der Waals surface area contributed by atoms with Crippen LogP contribution in [0.15, 0.2) is 10.6 Å². The molecule has 0 aliphatic carbocycles. The Bertz CT molecular complexity index is 537. The first-order chi connectivity index (χ1) is 8.60. The lowest BCUT2D eigenvalue weighted by Gasteiger charge is -2.00. The fourth-order valence-electron chi connectivity index (χ4n) is 1.71. The number of rotatable bonds is 4. The summed E-state index contributed by atoms with van der Waals surface area (Å²) in [4.78, 5) is 11.8. The molecule has 0 aliphatic heterocycles. The monoisotopic (exact) mass is 248 g/mol. The Kier molecular flexibility index (Phi) is 3.45. The number of anilines is 1. The predicted molar refractivity (Wildman–Crippen MR) is 66.3 cm³/mol. The molecule has 0 spiro atoms. The molecule has 2 N–H and O–H groups in total.